The molecule has 1 saturated carbocycles. The van der Waals surface area contributed by atoms with Crippen LogP contribution in [0.1, 0.15) is 79.9 Å². The Kier molecular flexibility index (Phi) is 13.7. The van der Waals surface area contributed by atoms with E-state index >= 15 is 0 Å². The molecular weight excluding hydrogens is 1070 g/mol. The molecular formula is C60H59GeIrN5O-2. The van der Waals surface area contributed by atoms with Crippen molar-refractivity contribution in [3.8, 4) is 39.5 Å². The summed E-state index contributed by atoms with van der Waals surface area (Å²) in [6, 6.07) is 49.4. The van der Waals surface area contributed by atoms with Crippen molar-refractivity contribution >= 4 is 61.7 Å². The molecule has 5 aromatic carbocycles. The number of benzene rings is 5. The summed E-state index contributed by atoms with van der Waals surface area (Å²) in [5, 5.41) is 3.06. The van der Waals surface area contributed by atoms with Gasteiger partial charge in [-0.2, -0.15) is 0 Å². The third kappa shape index (κ3) is 9.38. The van der Waals surface area contributed by atoms with Gasteiger partial charge in [0.2, 0.25) is 5.71 Å². The Morgan fingerprint density at radius 3 is 2.29 bits per heavy atom. The van der Waals surface area contributed by atoms with Gasteiger partial charge in [0.05, 0.1) is 28.0 Å². The predicted molar refractivity (Wildman–Crippen MR) is 281 cm³/mol. The number of fused-ring (bicyclic) bond motifs is 6. The topological polar surface area (TPSA) is 69.6 Å². The second-order valence-electron chi connectivity index (χ2n) is 20.0. The minimum atomic E-state index is -1.91. The largest absolute Gasteiger partial charge is 0.486 e. The van der Waals surface area contributed by atoms with E-state index in [-0.39, 0.29) is 20.1 Å². The number of furan rings is 1. The normalized spacial score (nSPS) is 13.3. The minimum absolute atomic E-state index is 0. The van der Waals surface area contributed by atoms with Crippen molar-refractivity contribution in [3.05, 3.63) is 168 Å². The summed E-state index contributed by atoms with van der Waals surface area (Å²) in [5.74, 6) is 9.56. The molecule has 0 bridgehead atoms. The smallest absolute Gasteiger partial charge is 0.216 e. The molecule has 0 unspecified atom stereocenters. The van der Waals surface area contributed by atoms with E-state index in [1.807, 2.05) is 38.1 Å². The van der Waals surface area contributed by atoms with E-state index in [4.69, 9.17) is 24.4 Å². The van der Waals surface area contributed by atoms with Gasteiger partial charge in [-0.1, -0.05) is 71.6 Å². The first kappa shape index (κ1) is 47.3. The average molecular weight is 1130 g/mol. The molecule has 345 valence electrons. The van der Waals surface area contributed by atoms with Crippen LogP contribution in [0.5, 0.6) is 0 Å². The van der Waals surface area contributed by atoms with Gasteiger partial charge in [0.25, 0.3) is 0 Å². The van der Waals surface area contributed by atoms with E-state index in [0.29, 0.717) is 11.6 Å². The van der Waals surface area contributed by atoms with Gasteiger partial charge >= 0.3 is 163 Å². The van der Waals surface area contributed by atoms with Crippen LogP contribution in [0.2, 0.25) is 17.3 Å². The first-order chi connectivity index (χ1) is 32.4. The summed E-state index contributed by atoms with van der Waals surface area (Å²) in [6.07, 6.45) is 10.2. The first-order valence-corrected chi connectivity index (χ1v) is 31.4. The van der Waals surface area contributed by atoms with E-state index in [1.54, 1.807) is 4.40 Å². The van der Waals surface area contributed by atoms with E-state index in [0.717, 1.165) is 101 Å². The van der Waals surface area contributed by atoms with Gasteiger partial charge in [0.15, 0.2) is 0 Å². The minimum Gasteiger partial charge on any atom is -0.486 e. The van der Waals surface area contributed by atoms with Gasteiger partial charge < -0.3 is 8.98 Å². The Labute approximate surface area is 417 Å². The van der Waals surface area contributed by atoms with Crippen molar-refractivity contribution in [1.29, 1.82) is 0 Å². The molecule has 6 nitrogen and oxygen atoms in total. The van der Waals surface area contributed by atoms with Crippen LogP contribution in [0.3, 0.4) is 0 Å². The number of aryl methyl sites for hydroxylation is 3. The van der Waals surface area contributed by atoms with E-state index in [9.17, 15) is 0 Å². The number of aromatic nitrogens is 5. The van der Waals surface area contributed by atoms with Crippen molar-refractivity contribution in [2.45, 2.75) is 96.3 Å². The van der Waals surface area contributed by atoms with Crippen molar-refractivity contribution in [2.75, 3.05) is 0 Å². The summed E-state index contributed by atoms with van der Waals surface area (Å²) in [4.78, 5) is 19.9. The number of hydrogen-bond donors (Lipinski definition) is 0. The van der Waals surface area contributed by atoms with Crippen molar-refractivity contribution < 1.29 is 24.5 Å². The van der Waals surface area contributed by atoms with Crippen molar-refractivity contribution in [2.24, 2.45) is 5.92 Å². The van der Waals surface area contributed by atoms with Gasteiger partial charge in [0, 0.05) is 53.5 Å². The maximum absolute atomic E-state index is 6.47. The van der Waals surface area contributed by atoms with Gasteiger partial charge in [0.1, 0.15) is 0 Å². The molecule has 68 heavy (non-hydrogen) atoms. The fourth-order valence-corrected chi connectivity index (χ4v) is 13.4. The number of pyridine rings is 3. The third-order valence-corrected chi connectivity index (χ3v) is 17.9. The van der Waals surface area contributed by atoms with Crippen LogP contribution in [0.4, 0.5) is 0 Å². The molecule has 11 rings (SSSR count). The zero-order valence-corrected chi connectivity index (χ0v) is 45.0. The van der Waals surface area contributed by atoms with Crippen LogP contribution >= 0.6 is 0 Å². The molecule has 1 fully saturated rings. The second-order valence-corrected chi connectivity index (χ2v) is 30.6. The molecule has 5 aromatic heterocycles. The second kappa shape index (κ2) is 19.7. The van der Waals surface area contributed by atoms with Crippen LogP contribution in [0, 0.1) is 38.8 Å². The Balaban J connectivity index is 0.000000186. The molecule has 0 spiro atoms. The van der Waals surface area contributed by atoms with Gasteiger partial charge in [-0.3, -0.25) is 9.97 Å². The summed E-state index contributed by atoms with van der Waals surface area (Å²) < 4.78 is 10.3. The molecule has 8 heteroatoms. The Bertz CT molecular complexity index is 3430. The average Bonchev–Trinajstić information content (AvgIpc) is 3.90. The van der Waals surface area contributed by atoms with Crippen molar-refractivity contribution in [3.63, 3.8) is 0 Å². The fourth-order valence-electron chi connectivity index (χ4n) is 10.0. The molecule has 0 amide bonds. The van der Waals surface area contributed by atoms with E-state index in [1.165, 1.54) is 48.8 Å². The molecule has 1 radical (unpaired) electrons. The first-order valence-electron chi connectivity index (χ1n) is 24.1. The summed E-state index contributed by atoms with van der Waals surface area (Å²) in [7, 11) is 0. The molecule has 1 aliphatic rings. The number of nitrogens with zero attached hydrogens (tertiary/aromatic N) is 5. The van der Waals surface area contributed by atoms with Gasteiger partial charge in [-0.15, -0.1) is 18.2 Å². The van der Waals surface area contributed by atoms with E-state index in [2.05, 4.69) is 158 Å². The molecule has 10 aromatic rings. The molecule has 5 heterocycles. The van der Waals surface area contributed by atoms with Crippen LogP contribution in [-0.4, -0.2) is 37.8 Å². The van der Waals surface area contributed by atoms with Crippen LogP contribution in [0.15, 0.2) is 132 Å². The molecule has 1 aliphatic carbocycles. The van der Waals surface area contributed by atoms with Crippen LogP contribution in [-0.2, 0) is 26.5 Å². The van der Waals surface area contributed by atoms with Gasteiger partial charge in [-0.25, -0.2) is 4.98 Å². The van der Waals surface area contributed by atoms with Crippen molar-refractivity contribution in [1.82, 2.24) is 24.5 Å². The SMILES string of the molecule is CC(C)Cc1cc(-c2[c-]ccc(C3CCCCC3)c2)nc[c]1[Ge]([CH3])([CH3])[CH3].Cc1ccc2ccc3nc(-c4[c-]ccc5c4oc4nc(C)c(C)cc45)n(-c4ccccc4-c4ccccc4)c3c2n1.[Ir]. The molecule has 0 aliphatic heterocycles. The third-order valence-electron chi connectivity index (χ3n) is 13.5. The van der Waals surface area contributed by atoms with Crippen LogP contribution < -0.4 is 4.40 Å². The fraction of sp³-hybridized carbons (Fsp3) is 0.267. The monoisotopic (exact) mass is 1130 g/mol. The summed E-state index contributed by atoms with van der Waals surface area (Å²) >= 11 is -1.91. The Morgan fingerprint density at radius 1 is 0.765 bits per heavy atom. The number of para-hydroxylation sites is 1. The van der Waals surface area contributed by atoms with E-state index < -0.39 is 13.3 Å². The number of hydrogen-bond acceptors (Lipinski definition) is 5. The maximum Gasteiger partial charge on any atom is 0.216 e. The Hall–Kier alpha value is -5.73. The number of imidazole rings is 1. The zero-order chi connectivity index (χ0) is 46.4. The Morgan fingerprint density at radius 2 is 1.51 bits per heavy atom. The molecule has 0 atom stereocenters. The maximum atomic E-state index is 6.47. The standard InChI is InChI=1S/C36H25N4O.C24H34GeN.Ir/c1-21-20-29-27-13-9-14-28(34(27)41-36(29)38-23(21)3)35-39-30-19-18-25-17-16-22(2)37-32(25)33(30)40(35)31-15-8-7-12-26(31)24-10-5-4-6-11-24;1-18(2)14-22-16-24(26-17-23(22)25(3,4)5)21-13-9-12-20(15-21)19-10-7-6-8-11-19;/h4-13,15-20H,1-3H3;9,12,15-19H,6-8,10-11,14H2,1-5H3;/q2*-1;. The quantitative estimate of drug-likeness (QED) is 0.112. The summed E-state index contributed by atoms with van der Waals surface area (Å²) in [5.41, 5.74) is 16.4. The molecule has 0 saturated heterocycles. The number of rotatable bonds is 8. The van der Waals surface area contributed by atoms with Crippen LogP contribution in [0.25, 0.3) is 83.5 Å². The zero-order valence-electron chi connectivity index (χ0n) is 40.5. The summed E-state index contributed by atoms with van der Waals surface area (Å²) in [6.45, 7) is 10.7. The molecule has 0 N–H and O–H groups in total. The van der Waals surface area contributed by atoms with Gasteiger partial charge in [-0.05, 0) is 56.2 Å². The predicted octanol–water partition coefficient (Wildman–Crippen LogP) is 15.3.